The van der Waals surface area contributed by atoms with Gasteiger partial charge in [0.1, 0.15) is 5.60 Å². The number of carbonyl (C=O) groups is 1. The van der Waals surface area contributed by atoms with Crippen LogP contribution in [0.1, 0.15) is 72.6 Å². The lowest BCUT2D eigenvalue weighted by Gasteiger charge is -2.33. The molecular weight excluding hydrogens is 274 g/mol. The second-order valence-corrected chi connectivity index (χ2v) is 8.57. The highest BCUT2D eigenvalue weighted by Gasteiger charge is 2.39. The second-order valence-electron chi connectivity index (χ2n) is 8.57. The maximum atomic E-state index is 12.4. The highest BCUT2D eigenvalue weighted by atomic mass is 16.6. The number of rotatable bonds is 3. The molecule has 2 N–H and O–H groups in total. The van der Waals surface area contributed by atoms with Crippen molar-refractivity contribution in [2.75, 3.05) is 0 Å². The first-order valence-corrected chi connectivity index (χ1v) is 7.84. The van der Waals surface area contributed by atoms with Crippen LogP contribution in [0, 0.1) is 5.41 Å². The molecule has 0 radical (unpaired) electrons. The number of benzene rings is 1. The summed E-state index contributed by atoms with van der Waals surface area (Å²) in [7, 11) is 0. The summed E-state index contributed by atoms with van der Waals surface area (Å²) in [5.41, 5.74) is 7.36. The van der Waals surface area contributed by atoms with Gasteiger partial charge in [-0.1, -0.05) is 45.0 Å². The molecule has 0 aromatic heterocycles. The third kappa shape index (κ3) is 4.57. The zero-order chi connectivity index (χ0) is 17.3. The molecule has 0 aliphatic carbocycles. The van der Waals surface area contributed by atoms with Crippen LogP contribution in [0.2, 0.25) is 0 Å². The number of hydrogen-bond donors (Lipinski definition) is 1. The Labute approximate surface area is 135 Å². The van der Waals surface area contributed by atoms with Crippen LogP contribution < -0.4 is 5.73 Å². The van der Waals surface area contributed by atoms with E-state index in [9.17, 15) is 4.79 Å². The predicted molar refractivity (Wildman–Crippen MR) is 91.7 cm³/mol. The number of ether oxygens (including phenoxy) is 1. The summed E-state index contributed by atoms with van der Waals surface area (Å²) in [6.45, 7) is 15.8. The molecule has 3 nitrogen and oxygen atoms in total. The summed E-state index contributed by atoms with van der Waals surface area (Å²) >= 11 is 0. The summed E-state index contributed by atoms with van der Waals surface area (Å²) in [5, 5.41) is 0. The summed E-state index contributed by atoms with van der Waals surface area (Å²) in [5.74, 6) is -0.271. The Morgan fingerprint density at radius 1 is 0.955 bits per heavy atom. The molecule has 22 heavy (non-hydrogen) atoms. The maximum absolute atomic E-state index is 12.4. The van der Waals surface area contributed by atoms with E-state index >= 15 is 0 Å². The predicted octanol–water partition coefficient (Wildman–Crippen LogP) is 4.35. The molecule has 0 saturated heterocycles. The van der Waals surface area contributed by atoms with E-state index in [0.717, 1.165) is 5.56 Å². The molecule has 1 rings (SSSR count). The minimum Gasteiger partial charge on any atom is -0.460 e. The standard InChI is InChI=1S/C19H31NO2/c1-17(2,3)14-11-9-13(10-12-14)15(20)19(7,8)16(21)22-18(4,5)6/h9-12,15H,20H2,1-8H3/t15-/m0/s1. The molecule has 124 valence electrons. The first-order chi connectivity index (χ1) is 9.75. The molecule has 1 aromatic carbocycles. The van der Waals surface area contributed by atoms with Crippen LogP contribution >= 0.6 is 0 Å². The van der Waals surface area contributed by atoms with E-state index in [1.807, 2.05) is 46.8 Å². The summed E-state index contributed by atoms with van der Waals surface area (Å²) < 4.78 is 5.50. The molecule has 1 aromatic rings. The zero-order valence-electron chi connectivity index (χ0n) is 15.3. The van der Waals surface area contributed by atoms with Gasteiger partial charge in [0.05, 0.1) is 5.41 Å². The van der Waals surface area contributed by atoms with Crippen molar-refractivity contribution in [3.8, 4) is 0 Å². The van der Waals surface area contributed by atoms with Crippen LogP contribution in [0.5, 0.6) is 0 Å². The molecule has 0 fully saturated rings. The molecule has 0 bridgehead atoms. The van der Waals surface area contributed by atoms with Gasteiger partial charge < -0.3 is 10.5 Å². The van der Waals surface area contributed by atoms with Crippen LogP contribution in [0.15, 0.2) is 24.3 Å². The fourth-order valence-electron chi connectivity index (χ4n) is 2.14. The van der Waals surface area contributed by atoms with E-state index in [1.165, 1.54) is 5.56 Å². The third-order valence-electron chi connectivity index (χ3n) is 3.84. The highest BCUT2D eigenvalue weighted by molar-refractivity contribution is 5.77. The molecule has 0 aliphatic heterocycles. The number of hydrogen-bond acceptors (Lipinski definition) is 3. The van der Waals surface area contributed by atoms with Crippen molar-refractivity contribution in [1.82, 2.24) is 0 Å². The topological polar surface area (TPSA) is 52.3 Å². The first-order valence-electron chi connectivity index (χ1n) is 7.84. The van der Waals surface area contributed by atoms with E-state index < -0.39 is 17.1 Å². The molecule has 0 saturated carbocycles. The molecule has 0 unspecified atom stereocenters. The van der Waals surface area contributed by atoms with Gasteiger partial charge in [-0.05, 0) is 51.2 Å². The van der Waals surface area contributed by atoms with Gasteiger partial charge in [0.25, 0.3) is 0 Å². The molecule has 3 heteroatoms. The number of carbonyl (C=O) groups excluding carboxylic acids is 1. The van der Waals surface area contributed by atoms with Crippen molar-refractivity contribution >= 4 is 5.97 Å². The van der Waals surface area contributed by atoms with Gasteiger partial charge in [0, 0.05) is 6.04 Å². The molecule has 0 heterocycles. The lowest BCUT2D eigenvalue weighted by atomic mass is 9.79. The van der Waals surface area contributed by atoms with E-state index in [0.29, 0.717) is 0 Å². The van der Waals surface area contributed by atoms with Gasteiger partial charge in [0.15, 0.2) is 0 Å². The molecule has 0 amide bonds. The quantitative estimate of drug-likeness (QED) is 0.845. The Morgan fingerprint density at radius 3 is 1.77 bits per heavy atom. The minimum atomic E-state index is -0.781. The normalized spacial score (nSPS) is 14.6. The first kappa shape index (κ1) is 18.7. The molecule has 0 aliphatic rings. The summed E-state index contributed by atoms with van der Waals surface area (Å²) in [6.07, 6.45) is 0. The van der Waals surface area contributed by atoms with Gasteiger partial charge in [-0.3, -0.25) is 4.79 Å². The Bertz CT molecular complexity index is 516. The zero-order valence-corrected chi connectivity index (χ0v) is 15.3. The SMILES string of the molecule is CC(C)(C)OC(=O)C(C)(C)[C@@H](N)c1ccc(C(C)(C)C)cc1. The van der Waals surface area contributed by atoms with Crippen molar-refractivity contribution in [2.45, 2.75) is 72.4 Å². The van der Waals surface area contributed by atoms with E-state index in [4.69, 9.17) is 10.5 Å². The third-order valence-corrected chi connectivity index (χ3v) is 3.84. The Morgan fingerprint density at radius 2 is 1.41 bits per heavy atom. The van der Waals surface area contributed by atoms with Gasteiger partial charge in [-0.25, -0.2) is 0 Å². The highest BCUT2D eigenvalue weighted by Crippen LogP contribution is 2.34. The summed E-state index contributed by atoms with van der Waals surface area (Å²) in [6, 6.07) is 7.78. The van der Waals surface area contributed by atoms with Crippen molar-refractivity contribution in [3.05, 3.63) is 35.4 Å². The average molecular weight is 305 g/mol. The Balaban J connectivity index is 2.99. The van der Waals surface area contributed by atoms with Crippen molar-refractivity contribution < 1.29 is 9.53 Å². The van der Waals surface area contributed by atoms with Gasteiger partial charge >= 0.3 is 5.97 Å². The minimum absolute atomic E-state index is 0.101. The van der Waals surface area contributed by atoms with E-state index in [1.54, 1.807) is 0 Å². The van der Waals surface area contributed by atoms with Gasteiger partial charge in [-0.2, -0.15) is 0 Å². The van der Waals surface area contributed by atoms with Crippen molar-refractivity contribution in [2.24, 2.45) is 11.1 Å². The Kier molecular flexibility index (Phi) is 5.13. The maximum Gasteiger partial charge on any atom is 0.313 e. The Hall–Kier alpha value is -1.35. The van der Waals surface area contributed by atoms with Crippen LogP contribution in [-0.2, 0) is 14.9 Å². The van der Waals surface area contributed by atoms with E-state index in [2.05, 4.69) is 32.9 Å². The average Bonchev–Trinajstić information content (AvgIpc) is 2.35. The lowest BCUT2D eigenvalue weighted by molar-refractivity contribution is -0.167. The number of nitrogens with two attached hydrogens (primary N) is 1. The summed E-state index contributed by atoms with van der Waals surface area (Å²) in [4.78, 5) is 12.4. The van der Waals surface area contributed by atoms with Crippen LogP contribution in [0.3, 0.4) is 0 Å². The smallest absolute Gasteiger partial charge is 0.313 e. The fourth-order valence-corrected chi connectivity index (χ4v) is 2.14. The lowest BCUT2D eigenvalue weighted by Crippen LogP contribution is -2.41. The largest absolute Gasteiger partial charge is 0.460 e. The fraction of sp³-hybridized carbons (Fsp3) is 0.632. The van der Waals surface area contributed by atoms with E-state index in [-0.39, 0.29) is 11.4 Å². The van der Waals surface area contributed by atoms with Crippen LogP contribution in [0.25, 0.3) is 0 Å². The molecular formula is C19H31NO2. The van der Waals surface area contributed by atoms with Gasteiger partial charge in [0.2, 0.25) is 0 Å². The van der Waals surface area contributed by atoms with Crippen molar-refractivity contribution in [1.29, 1.82) is 0 Å². The molecule has 0 spiro atoms. The number of esters is 1. The monoisotopic (exact) mass is 305 g/mol. The van der Waals surface area contributed by atoms with Gasteiger partial charge in [-0.15, -0.1) is 0 Å². The molecule has 1 atom stereocenters. The van der Waals surface area contributed by atoms with Crippen LogP contribution in [0.4, 0.5) is 0 Å². The van der Waals surface area contributed by atoms with Crippen LogP contribution in [-0.4, -0.2) is 11.6 Å². The van der Waals surface area contributed by atoms with Crippen molar-refractivity contribution in [3.63, 3.8) is 0 Å². The second kappa shape index (κ2) is 6.04.